The summed E-state index contributed by atoms with van der Waals surface area (Å²) in [6.07, 6.45) is 1.67. The van der Waals surface area contributed by atoms with Crippen molar-refractivity contribution in [3.63, 3.8) is 0 Å². The first-order chi connectivity index (χ1) is 10.1. The smallest absolute Gasteiger partial charge is 0.341 e. The van der Waals surface area contributed by atoms with Gasteiger partial charge in [0.2, 0.25) is 0 Å². The molecule has 0 aliphatic carbocycles. The summed E-state index contributed by atoms with van der Waals surface area (Å²) in [5.74, 6) is 0.379. The molecular weight excluding hydrogens is 268 g/mol. The second-order valence-electron chi connectivity index (χ2n) is 4.69. The highest BCUT2D eigenvalue weighted by atomic mass is 16.5. The van der Waals surface area contributed by atoms with Crippen LogP contribution in [0.25, 0.3) is 0 Å². The minimum absolute atomic E-state index is 0.267. The molecule has 0 radical (unpaired) electrons. The molecule has 4 nitrogen and oxygen atoms in total. The van der Waals surface area contributed by atoms with Crippen molar-refractivity contribution in [2.75, 3.05) is 14.2 Å². The average Bonchev–Trinajstić information content (AvgIpc) is 2.53. The van der Waals surface area contributed by atoms with Crippen LogP contribution in [0.3, 0.4) is 0 Å². The van der Waals surface area contributed by atoms with E-state index in [4.69, 9.17) is 9.47 Å². The molecule has 2 aromatic carbocycles. The summed E-state index contributed by atoms with van der Waals surface area (Å²) in [7, 11) is 2.88. The Hall–Kier alpha value is -2.49. The first kappa shape index (κ1) is 14.9. The Morgan fingerprint density at radius 1 is 1.00 bits per heavy atom. The number of phenols is 1. The summed E-state index contributed by atoms with van der Waals surface area (Å²) in [6, 6.07) is 12.6. The first-order valence-electron chi connectivity index (χ1n) is 6.67. The number of carbonyl (C=O) groups excluding carboxylic acids is 1. The number of rotatable bonds is 5. The fourth-order valence-electron chi connectivity index (χ4n) is 2.12. The molecule has 0 spiro atoms. The van der Waals surface area contributed by atoms with Crippen LogP contribution in [0.15, 0.2) is 42.5 Å². The van der Waals surface area contributed by atoms with E-state index in [2.05, 4.69) is 0 Å². The van der Waals surface area contributed by atoms with E-state index >= 15 is 0 Å². The Bertz CT molecular complexity index is 617. The van der Waals surface area contributed by atoms with Gasteiger partial charge in [-0.15, -0.1) is 0 Å². The molecule has 0 aromatic heterocycles. The molecule has 0 unspecified atom stereocenters. The maximum atomic E-state index is 11.6. The lowest BCUT2D eigenvalue weighted by Crippen LogP contribution is -2.04. The molecule has 0 aliphatic rings. The number of methoxy groups -OCH3 is 2. The van der Waals surface area contributed by atoms with Crippen LogP contribution in [0.5, 0.6) is 11.5 Å². The number of aryl methyl sites for hydroxylation is 2. The molecule has 0 fully saturated rings. The van der Waals surface area contributed by atoms with Gasteiger partial charge in [-0.1, -0.05) is 18.2 Å². The van der Waals surface area contributed by atoms with Gasteiger partial charge in [0.05, 0.1) is 14.2 Å². The fourth-order valence-corrected chi connectivity index (χ4v) is 2.12. The number of ether oxygens (including phenoxy) is 2. The normalized spacial score (nSPS) is 10.2. The zero-order valence-corrected chi connectivity index (χ0v) is 12.1. The number of esters is 1. The van der Waals surface area contributed by atoms with Crippen LogP contribution in [0, 0.1) is 0 Å². The van der Waals surface area contributed by atoms with E-state index in [1.54, 1.807) is 18.2 Å². The monoisotopic (exact) mass is 286 g/mol. The van der Waals surface area contributed by atoms with Crippen LogP contribution in [-0.2, 0) is 17.6 Å². The van der Waals surface area contributed by atoms with E-state index in [0.29, 0.717) is 11.3 Å². The van der Waals surface area contributed by atoms with Crippen LogP contribution in [0.4, 0.5) is 0 Å². The maximum Gasteiger partial charge on any atom is 0.341 e. The number of hydrogen-bond acceptors (Lipinski definition) is 4. The number of phenolic OH excluding ortho intramolecular Hbond substituents is 1. The highest BCUT2D eigenvalue weighted by molar-refractivity contribution is 5.92. The predicted octanol–water partition coefficient (Wildman–Crippen LogP) is 2.97. The van der Waals surface area contributed by atoms with Crippen molar-refractivity contribution in [3.05, 3.63) is 59.2 Å². The average molecular weight is 286 g/mol. The largest absolute Gasteiger partial charge is 0.508 e. The van der Waals surface area contributed by atoms with Crippen molar-refractivity contribution >= 4 is 5.97 Å². The van der Waals surface area contributed by atoms with E-state index in [-0.39, 0.29) is 5.75 Å². The van der Waals surface area contributed by atoms with Gasteiger partial charge < -0.3 is 14.6 Å². The molecule has 4 heteroatoms. The number of hydrogen-bond donors (Lipinski definition) is 1. The van der Waals surface area contributed by atoms with Crippen LogP contribution in [0.1, 0.15) is 21.5 Å². The maximum absolute atomic E-state index is 11.6. The molecule has 0 aliphatic heterocycles. The molecule has 0 amide bonds. The number of aromatic hydroxyl groups is 1. The van der Waals surface area contributed by atoms with Gasteiger partial charge in [0.1, 0.15) is 17.1 Å². The van der Waals surface area contributed by atoms with Gasteiger partial charge in [0.15, 0.2) is 0 Å². The van der Waals surface area contributed by atoms with Gasteiger partial charge >= 0.3 is 5.97 Å². The summed E-state index contributed by atoms with van der Waals surface area (Å²) in [5.41, 5.74) is 2.64. The Labute approximate surface area is 123 Å². The Morgan fingerprint density at radius 3 is 2.24 bits per heavy atom. The molecule has 2 rings (SSSR count). The highest BCUT2D eigenvalue weighted by Gasteiger charge is 2.12. The minimum Gasteiger partial charge on any atom is -0.508 e. The molecule has 0 saturated heterocycles. The highest BCUT2D eigenvalue weighted by Crippen LogP contribution is 2.22. The molecule has 110 valence electrons. The topological polar surface area (TPSA) is 55.8 Å². The van der Waals surface area contributed by atoms with Gasteiger partial charge in [-0.25, -0.2) is 4.79 Å². The lowest BCUT2D eigenvalue weighted by molar-refractivity contribution is 0.0597. The van der Waals surface area contributed by atoms with E-state index in [1.807, 2.05) is 24.3 Å². The van der Waals surface area contributed by atoms with E-state index in [9.17, 15) is 9.90 Å². The van der Waals surface area contributed by atoms with Gasteiger partial charge in [0, 0.05) is 0 Å². The molecule has 0 atom stereocenters. The van der Waals surface area contributed by atoms with Gasteiger partial charge in [-0.05, 0) is 48.2 Å². The van der Waals surface area contributed by atoms with Crippen LogP contribution in [-0.4, -0.2) is 25.3 Å². The Morgan fingerprint density at radius 2 is 1.62 bits per heavy atom. The summed E-state index contributed by atoms with van der Waals surface area (Å²) in [4.78, 5) is 11.6. The van der Waals surface area contributed by atoms with Gasteiger partial charge in [0.25, 0.3) is 0 Å². The lowest BCUT2D eigenvalue weighted by Gasteiger charge is -2.09. The van der Waals surface area contributed by atoms with Crippen molar-refractivity contribution in [1.29, 1.82) is 0 Å². The lowest BCUT2D eigenvalue weighted by atomic mass is 10.0. The third kappa shape index (κ3) is 3.75. The minimum atomic E-state index is -0.406. The van der Waals surface area contributed by atoms with Crippen molar-refractivity contribution < 1.29 is 19.4 Å². The summed E-state index contributed by atoms with van der Waals surface area (Å²) in [5, 5.41) is 9.26. The van der Waals surface area contributed by atoms with Crippen LogP contribution < -0.4 is 4.74 Å². The van der Waals surface area contributed by atoms with E-state index in [0.717, 1.165) is 24.0 Å². The van der Waals surface area contributed by atoms with Crippen LogP contribution >= 0.6 is 0 Å². The zero-order chi connectivity index (χ0) is 15.2. The summed E-state index contributed by atoms with van der Waals surface area (Å²) in [6.45, 7) is 0. The fraction of sp³-hybridized carbons (Fsp3) is 0.235. The van der Waals surface area contributed by atoms with Crippen molar-refractivity contribution in [1.82, 2.24) is 0 Å². The predicted molar refractivity (Wildman–Crippen MR) is 79.8 cm³/mol. The zero-order valence-electron chi connectivity index (χ0n) is 12.1. The number of benzene rings is 2. The van der Waals surface area contributed by atoms with Gasteiger partial charge in [-0.3, -0.25) is 0 Å². The Balaban J connectivity index is 2.10. The van der Waals surface area contributed by atoms with Gasteiger partial charge in [-0.2, -0.15) is 0 Å². The van der Waals surface area contributed by atoms with Crippen molar-refractivity contribution in [3.8, 4) is 11.5 Å². The molecule has 0 bridgehead atoms. The van der Waals surface area contributed by atoms with Crippen LogP contribution in [0.2, 0.25) is 0 Å². The third-order valence-corrected chi connectivity index (χ3v) is 3.31. The molecule has 21 heavy (non-hydrogen) atoms. The molecule has 0 heterocycles. The number of carbonyl (C=O) groups is 1. The molecular formula is C17H18O4. The quantitative estimate of drug-likeness (QED) is 0.859. The molecule has 0 saturated carbocycles. The Kier molecular flexibility index (Phi) is 4.82. The summed E-state index contributed by atoms with van der Waals surface area (Å²) >= 11 is 0. The first-order valence-corrected chi connectivity index (χ1v) is 6.67. The van der Waals surface area contributed by atoms with Crippen molar-refractivity contribution in [2.45, 2.75) is 12.8 Å². The third-order valence-electron chi connectivity index (χ3n) is 3.31. The standard InChI is InChI=1S/C17H18O4/c1-20-16-11-13(7-10-15(16)17(19)21-2)4-3-12-5-8-14(18)9-6-12/h5-11,18H,3-4H2,1-2H3. The summed E-state index contributed by atoms with van der Waals surface area (Å²) < 4.78 is 9.96. The SMILES string of the molecule is COC(=O)c1ccc(CCc2ccc(O)cc2)cc1OC. The second kappa shape index (κ2) is 6.79. The molecule has 1 N–H and O–H groups in total. The van der Waals surface area contributed by atoms with Crippen molar-refractivity contribution in [2.24, 2.45) is 0 Å². The van der Waals surface area contributed by atoms with E-state index in [1.165, 1.54) is 14.2 Å². The van der Waals surface area contributed by atoms with E-state index < -0.39 is 5.97 Å². The second-order valence-corrected chi connectivity index (χ2v) is 4.69. The molecule has 2 aromatic rings.